The summed E-state index contributed by atoms with van der Waals surface area (Å²) in [4.78, 5) is 14.2. The number of fused-ring (bicyclic) bond motifs is 1. The first kappa shape index (κ1) is 13.9. The van der Waals surface area contributed by atoms with Gasteiger partial charge in [0.25, 0.3) is 5.91 Å². The predicted octanol–water partition coefficient (Wildman–Crippen LogP) is 3.58. The number of ether oxygens (including phenoxy) is 1. The average molecular weight is 307 g/mol. The van der Waals surface area contributed by atoms with Crippen molar-refractivity contribution in [3.63, 3.8) is 0 Å². The van der Waals surface area contributed by atoms with E-state index >= 15 is 0 Å². The molecular weight excluding hydrogens is 290 g/mol. The van der Waals surface area contributed by atoms with Crippen molar-refractivity contribution in [2.24, 2.45) is 5.92 Å². The van der Waals surface area contributed by atoms with Gasteiger partial charge in [0.05, 0.1) is 6.61 Å². The van der Waals surface area contributed by atoms with Crippen LogP contribution in [-0.4, -0.2) is 30.5 Å². The lowest BCUT2D eigenvalue weighted by atomic mass is 10.0. The number of hydrogen-bond donors (Lipinski definition) is 0. The van der Waals surface area contributed by atoms with Crippen LogP contribution in [-0.2, 0) is 0 Å². The molecule has 23 heavy (non-hydrogen) atoms. The second-order valence-corrected chi connectivity index (χ2v) is 5.85. The molecule has 1 saturated heterocycles. The van der Waals surface area contributed by atoms with Gasteiger partial charge < -0.3 is 14.1 Å². The van der Waals surface area contributed by atoms with Crippen LogP contribution in [0.3, 0.4) is 0 Å². The zero-order chi connectivity index (χ0) is 15.6. The van der Waals surface area contributed by atoms with Crippen LogP contribution in [0.1, 0.15) is 10.6 Å². The molecule has 1 amide bonds. The van der Waals surface area contributed by atoms with E-state index in [-0.39, 0.29) is 5.91 Å². The molecule has 0 N–H and O–H groups in total. The van der Waals surface area contributed by atoms with E-state index in [4.69, 9.17) is 9.15 Å². The number of nitrogens with zero attached hydrogens (tertiary/aromatic N) is 1. The summed E-state index contributed by atoms with van der Waals surface area (Å²) < 4.78 is 11.4. The summed E-state index contributed by atoms with van der Waals surface area (Å²) in [6, 6.07) is 19.2. The fraction of sp³-hybridized carbons (Fsp3) is 0.211. The number of para-hydroxylation sites is 2. The summed E-state index contributed by atoms with van der Waals surface area (Å²) in [6.07, 6.45) is 0. The molecule has 0 saturated carbocycles. The van der Waals surface area contributed by atoms with E-state index in [1.807, 2.05) is 60.7 Å². The summed E-state index contributed by atoms with van der Waals surface area (Å²) in [6.45, 7) is 2.05. The van der Waals surface area contributed by atoms with E-state index in [2.05, 4.69) is 0 Å². The molecule has 0 atom stereocenters. The highest BCUT2D eigenvalue weighted by molar-refractivity contribution is 5.96. The SMILES string of the molecule is O=C(c1cc2ccccc2o1)N1CC(COc2ccccc2)C1. The van der Waals surface area contributed by atoms with Gasteiger partial charge in [-0.3, -0.25) is 4.79 Å². The van der Waals surface area contributed by atoms with E-state index in [9.17, 15) is 4.79 Å². The molecular formula is C19H17NO3. The fourth-order valence-corrected chi connectivity index (χ4v) is 2.82. The average Bonchev–Trinajstić information content (AvgIpc) is 2.98. The van der Waals surface area contributed by atoms with Gasteiger partial charge in [-0.25, -0.2) is 0 Å². The number of furan rings is 1. The normalized spacial score (nSPS) is 14.7. The first-order chi connectivity index (χ1) is 11.3. The lowest BCUT2D eigenvalue weighted by molar-refractivity contribution is 0.0366. The number of benzene rings is 2. The molecule has 1 aromatic heterocycles. The lowest BCUT2D eigenvalue weighted by Crippen LogP contribution is -2.51. The Hall–Kier alpha value is -2.75. The molecule has 4 rings (SSSR count). The van der Waals surface area contributed by atoms with E-state index in [1.54, 1.807) is 4.90 Å². The molecule has 1 aliphatic heterocycles. The van der Waals surface area contributed by atoms with Gasteiger partial charge in [-0.2, -0.15) is 0 Å². The molecule has 0 spiro atoms. The molecule has 4 heteroatoms. The number of amides is 1. The van der Waals surface area contributed by atoms with Crippen LogP contribution in [0.2, 0.25) is 0 Å². The molecule has 0 unspecified atom stereocenters. The zero-order valence-corrected chi connectivity index (χ0v) is 12.6. The zero-order valence-electron chi connectivity index (χ0n) is 12.6. The summed E-state index contributed by atoms with van der Waals surface area (Å²) >= 11 is 0. The van der Waals surface area contributed by atoms with Gasteiger partial charge >= 0.3 is 0 Å². The van der Waals surface area contributed by atoms with Crippen LogP contribution < -0.4 is 4.74 Å². The van der Waals surface area contributed by atoms with Crippen LogP contribution in [0, 0.1) is 5.92 Å². The lowest BCUT2D eigenvalue weighted by Gasteiger charge is -2.38. The van der Waals surface area contributed by atoms with Crippen molar-refractivity contribution in [2.75, 3.05) is 19.7 Å². The van der Waals surface area contributed by atoms with Crippen molar-refractivity contribution in [3.8, 4) is 5.75 Å². The molecule has 4 nitrogen and oxygen atoms in total. The number of carbonyl (C=O) groups excluding carboxylic acids is 1. The molecule has 0 bridgehead atoms. The minimum atomic E-state index is -0.0443. The summed E-state index contributed by atoms with van der Waals surface area (Å²) in [5.74, 6) is 1.61. The first-order valence-electron chi connectivity index (χ1n) is 7.75. The number of likely N-dealkylation sites (tertiary alicyclic amines) is 1. The Morgan fingerprint density at radius 2 is 1.83 bits per heavy atom. The van der Waals surface area contributed by atoms with Crippen LogP contribution in [0.15, 0.2) is 65.1 Å². The standard InChI is InChI=1S/C19H17NO3/c21-19(18-10-15-6-4-5-9-17(15)23-18)20-11-14(12-20)13-22-16-7-2-1-3-8-16/h1-10,14H,11-13H2. The Morgan fingerprint density at radius 3 is 2.61 bits per heavy atom. The van der Waals surface area contributed by atoms with Gasteiger partial charge in [0.2, 0.25) is 0 Å². The molecule has 2 aromatic carbocycles. The van der Waals surface area contributed by atoms with Crippen LogP contribution in [0.25, 0.3) is 11.0 Å². The minimum absolute atomic E-state index is 0.0443. The second kappa shape index (κ2) is 5.80. The maximum absolute atomic E-state index is 12.4. The van der Waals surface area contributed by atoms with E-state index in [0.717, 1.165) is 16.7 Å². The van der Waals surface area contributed by atoms with Crippen LogP contribution >= 0.6 is 0 Å². The fourth-order valence-electron chi connectivity index (χ4n) is 2.82. The minimum Gasteiger partial charge on any atom is -0.493 e. The van der Waals surface area contributed by atoms with Gasteiger partial charge in [-0.15, -0.1) is 0 Å². The van der Waals surface area contributed by atoms with Gasteiger partial charge in [0.1, 0.15) is 11.3 Å². The Bertz CT molecular complexity index is 786. The highest BCUT2D eigenvalue weighted by Gasteiger charge is 2.33. The maximum atomic E-state index is 12.4. The van der Waals surface area contributed by atoms with Crippen LogP contribution in [0.4, 0.5) is 0 Å². The highest BCUT2D eigenvalue weighted by Crippen LogP contribution is 2.24. The largest absolute Gasteiger partial charge is 0.493 e. The monoisotopic (exact) mass is 307 g/mol. The van der Waals surface area contributed by atoms with Gasteiger partial charge in [-0.05, 0) is 24.3 Å². The van der Waals surface area contributed by atoms with Crippen LogP contribution in [0.5, 0.6) is 5.75 Å². The molecule has 116 valence electrons. The van der Waals surface area contributed by atoms with Crippen molar-refractivity contribution < 1.29 is 13.9 Å². The topological polar surface area (TPSA) is 42.7 Å². The second-order valence-electron chi connectivity index (χ2n) is 5.85. The van der Waals surface area contributed by atoms with Crippen molar-refractivity contribution in [1.29, 1.82) is 0 Å². The summed E-state index contributed by atoms with van der Waals surface area (Å²) in [7, 11) is 0. The predicted molar refractivity (Wildman–Crippen MR) is 87.5 cm³/mol. The molecule has 3 aromatic rings. The summed E-state index contributed by atoms with van der Waals surface area (Å²) in [5, 5.41) is 0.959. The quantitative estimate of drug-likeness (QED) is 0.740. The Labute approximate surface area is 134 Å². The van der Waals surface area contributed by atoms with Crippen molar-refractivity contribution in [3.05, 3.63) is 66.4 Å². The van der Waals surface area contributed by atoms with Gasteiger partial charge in [-0.1, -0.05) is 36.4 Å². The molecule has 0 radical (unpaired) electrons. The Kier molecular flexibility index (Phi) is 3.50. The van der Waals surface area contributed by atoms with Gasteiger partial charge in [0, 0.05) is 24.4 Å². The smallest absolute Gasteiger partial charge is 0.289 e. The van der Waals surface area contributed by atoms with E-state index in [0.29, 0.717) is 31.4 Å². The first-order valence-corrected chi connectivity index (χ1v) is 7.75. The molecule has 0 aliphatic carbocycles. The third-order valence-electron chi connectivity index (χ3n) is 4.11. The summed E-state index contributed by atoms with van der Waals surface area (Å²) in [5.41, 5.74) is 0.750. The molecule has 1 aliphatic rings. The maximum Gasteiger partial charge on any atom is 0.289 e. The molecule has 2 heterocycles. The van der Waals surface area contributed by atoms with Crippen molar-refractivity contribution >= 4 is 16.9 Å². The number of rotatable bonds is 4. The van der Waals surface area contributed by atoms with E-state index in [1.165, 1.54) is 0 Å². The van der Waals surface area contributed by atoms with E-state index < -0.39 is 0 Å². The number of carbonyl (C=O) groups is 1. The Balaban J connectivity index is 1.33. The Morgan fingerprint density at radius 1 is 1.09 bits per heavy atom. The highest BCUT2D eigenvalue weighted by atomic mass is 16.5. The third-order valence-corrected chi connectivity index (χ3v) is 4.11. The van der Waals surface area contributed by atoms with Gasteiger partial charge in [0.15, 0.2) is 5.76 Å². The number of hydrogen-bond acceptors (Lipinski definition) is 3. The van der Waals surface area contributed by atoms with Crippen molar-refractivity contribution in [2.45, 2.75) is 0 Å². The molecule has 1 fully saturated rings. The van der Waals surface area contributed by atoms with Crippen molar-refractivity contribution in [1.82, 2.24) is 4.90 Å². The third kappa shape index (κ3) is 2.80.